The second-order valence-electron chi connectivity index (χ2n) is 9.73. The Morgan fingerprint density at radius 1 is 1.08 bits per heavy atom. The maximum Gasteiger partial charge on any atom is 0.416 e. The van der Waals surface area contributed by atoms with Crippen molar-refractivity contribution in [3.05, 3.63) is 69.7 Å². The number of likely N-dealkylation sites (tertiary alicyclic amines) is 1. The number of carbonyl (C=O) groups excluding carboxylic acids is 2. The first kappa shape index (κ1) is 27.6. The zero-order valence-electron chi connectivity index (χ0n) is 20.0. The molecule has 1 aliphatic carbocycles. The van der Waals surface area contributed by atoms with Gasteiger partial charge in [-0.3, -0.25) is 14.5 Å². The number of nitrogens with zero attached hydrogens (tertiary/aromatic N) is 1. The molecule has 1 aliphatic heterocycles. The molecule has 0 bridgehead atoms. The van der Waals surface area contributed by atoms with Crippen LogP contribution in [0.4, 0.5) is 13.2 Å². The van der Waals surface area contributed by atoms with Gasteiger partial charge < -0.3 is 20.8 Å². The molecule has 0 spiro atoms. The van der Waals surface area contributed by atoms with Crippen molar-refractivity contribution in [2.45, 2.75) is 55.6 Å². The molecule has 1 saturated carbocycles. The van der Waals surface area contributed by atoms with E-state index in [1.807, 2.05) is 24.3 Å². The zero-order chi connectivity index (χ0) is 26.8. The fraction of sp³-hybridized carbons (Fsp3) is 0.462. The van der Waals surface area contributed by atoms with E-state index in [0.29, 0.717) is 25.9 Å². The Morgan fingerprint density at radius 3 is 2.46 bits per heavy atom. The smallest absolute Gasteiger partial charge is 0.390 e. The van der Waals surface area contributed by atoms with E-state index < -0.39 is 47.8 Å². The molecule has 7 nitrogen and oxygen atoms in total. The Bertz CT molecular complexity index is 1140. The number of halogens is 4. The number of amides is 2. The molecule has 2 amide bonds. The van der Waals surface area contributed by atoms with Crippen LogP contribution in [0.2, 0.25) is 0 Å². The van der Waals surface area contributed by atoms with Crippen molar-refractivity contribution in [2.75, 3.05) is 19.6 Å². The van der Waals surface area contributed by atoms with Gasteiger partial charge in [0, 0.05) is 29.2 Å². The Morgan fingerprint density at radius 2 is 1.78 bits per heavy atom. The van der Waals surface area contributed by atoms with Crippen molar-refractivity contribution in [3.63, 3.8) is 0 Å². The van der Waals surface area contributed by atoms with Gasteiger partial charge in [-0.15, -0.1) is 0 Å². The van der Waals surface area contributed by atoms with Crippen LogP contribution >= 0.6 is 15.9 Å². The maximum absolute atomic E-state index is 12.9. The summed E-state index contributed by atoms with van der Waals surface area (Å²) >= 11 is 3.45. The fourth-order valence-corrected chi connectivity index (χ4v) is 5.52. The summed E-state index contributed by atoms with van der Waals surface area (Å²) in [4.78, 5) is 26.7. The minimum atomic E-state index is -4.58. The summed E-state index contributed by atoms with van der Waals surface area (Å²) in [6, 6.07) is 11.2. The van der Waals surface area contributed by atoms with Crippen LogP contribution in [-0.4, -0.2) is 64.7 Å². The van der Waals surface area contributed by atoms with Crippen LogP contribution in [0.1, 0.15) is 47.2 Å². The van der Waals surface area contributed by atoms with Gasteiger partial charge in [-0.05, 0) is 61.6 Å². The first-order chi connectivity index (χ1) is 17.4. The summed E-state index contributed by atoms with van der Waals surface area (Å²) < 4.78 is 39.5. The average molecular weight is 584 g/mol. The van der Waals surface area contributed by atoms with E-state index in [-0.39, 0.29) is 11.6 Å². The fourth-order valence-electron chi connectivity index (χ4n) is 5.13. The molecule has 2 fully saturated rings. The van der Waals surface area contributed by atoms with Crippen LogP contribution in [0, 0.1) is 0 Å². The van der Waals surface area contributed by atoms with Crippen molar-refractivity contribution in [1.82, 2.24) is 15.5 Å². The molecule has 2 aliphatic rings. The van der Waals surface area contributed by atoms with E-state index in [4.69, 9.17) is 0 Å². The molecule has 2 aromatic carbocycles. The SMILES string of the molecule is O=C(CNC(=O)c1cccc(C(F)(F)F)c1)N[C@H]1CN(C2CCC(O)(c3cccc(Br)c3)CC2)C[C@@H]1O. The first-order valence-electron chi connectivity index (χ1n) is 12.1. The molecule has 11 heteroatoms. The van der Waals surface area contributed by atoms with Crippen LogP contribution in [0.3, 0.4) is 0 Å². The number of aliphatic hydroxyl groups is 2. The van der Waals surface area contributed by atoms with Gasteiger partial charge in [0.05, 0.1) is 29.9 Å². The lowest BCUT2D eigenvalue weighted by Gasteiger charge is -2.40. The number of carbonyl (C=O) groups is 2. The first-order valence-corrected chi connectivity index (χ1v) is 12.9. The van der Waals surface area contributed by atoms with Crippen molar-refractivity contribution >= 4 is 27.7 Å². The summed E-state index contributed by atoms with van der Waals surface area (Å²) in [6.45, 7) is 0.372. The minimum Gasteiger partial charge on any atom is -0.390 e. The van der Waals surface area contributed by atoms with Crippen LogP contribution in [0.15, 0.2) is 53.0 Å². The molecule has 2 aromatic rings. The standard InChI is InChI=1S/C26H29BrF3N3O4/c27-19-6-2-4-17(12-19)25(37)9-7-20(8-10-25)33-14-21(22(34)15-33)32-23(35)13-31-24(36)16-3-1-5-18(11-16)26(28,29)30/h1-6,11-12,20-22,34,37H,7-10,13-15H2,(H,31,36)(H,32,35)/t20?,21-,22-,25?/m0/s1. The van der Waals surface area contributed by atoms with Gasteiger partial charge in [0.2, 0.25) is 5.91 Å². The summed E-state index contributed by atoms with van der Waals surface area (Å²) in [7, 11) is 0. The molecule has 200 valence electrons. The highest BCUT2D eigenvalue weighted by atomic mass is 79.9. The number of benzene rings is 2. The van der Waals surface area contributed by atoms with Crippen molar-refractivity contribution in [1.29, 1.82) is 0 Å². The molecule has 4 N–H and O–H groups in total. The molecule has 4 rings (SSSR count). The van der Waals surface area contributed by atoms with E-state index in [1.165, 1.54) is 6.07 Å². The maximum atomic E-state index is 12.9. The quantitative estimate of drug-likeness (QED) is 0.418. The van der Waals surface area contributed by atoms with E-state index in [2.05, 4.69) is 31.5 Å². The molecule has 2 atom stereocenters. The van der Waals surface area contributed by atoms with Crippen molar-refractivity contribution in [2.24, 2.45) is 0 Å². The molecule has 37 heavy (non-hydrogen) atoms. The van der Waals surface area contributed by atoms with Crippen LogP contribution < -0.4 is 10.6 Å². The van der Waals surface area contributed by atoms with Crippen molar-refractivity contribution in [3.8, 4) is 0 Å². The molecule has 1 heterocycles. The highest BCUT2D eigenvalue weighted by Gasteiger charge is 2.41. The van der Waals surface area contributed by atoms with E-state index in [0.717, 1.165) is 41.1 Å². The highest BCUT2D eigenvalue weighted by Crippen LogP contribution is 2.40. The van der Waals surface area contributed by atoms with Crippen LogP contribution in [-0.2, 0) is 16.6 Å². The van der Waals surface area contributed by atoms with Crippen LogP contribution in [0.5, 0.6) is 0 Å². The number of rotatable bonds is 6. The lowest BCUT2D eigenvalue weighted by Crippen LogP contribution is -2.47. The van der Waals surface area contributed by atoms with Gasteiger partial charge in [-0.2, -0.15) is 13.2 Å². The molecule has 0 aromatic heterocycles. The second-order valence-corrected chi connectivity index (χ2v) is 10.6. The topological polar surface area (TPSA) is 102 Å². The largest absolute Gasteiger partial charge is 0.416 e. The van der Waals surface area contributed by atoms with Gasteiger partial charge in [-0.1, -0.05) is 34.1 Å². The third-order valence-corrected chi connectivity index (χ3v) is 7.68. The average Bonchev–Trinajstić information content (AvgIpc) is 3.22. The third-order valence-electron chi connectivity index (χ3n) is 7.19. The number of alkyl halides is 3. The minimum absolute atomic E-state index is 0.157. The summed E-state index contributed by atoms with van der Waals surface area (Å²) in [5.41, 5.74) is -1.17. The predicted molar refractivity (Wildman–Crippen MR) is 134 cm³/mol. The molecule has 1 saturated heterocycles. The van der Waals surface area contributed by atoms with Gasteiger partial charge >= 0.3 is 6.18 Å². The van der Waals surface area contributed by atoms with Gasteiger partial charge in [0.1, 0.15) is 0 Å². The molecular formula is C26H29BrF3N3O4. The van der Waals surface area contributed by atoms with Gasteiger partial charge in [0.15, 0.2) is 0 Å². The highest BCUT2D eigenvalue weighted by molar-refractivity contribution is 9.10. The van der Waals surface area contributed by atoms with E-state index in [9.17, 15) is 33.0 Å². The second kappa shape index (κ2) is 11.1. The molecular weight excluding hydrogens is 555 g/mol. The predicted octanol–water partition coefficient (Wildman–Crippen LogP) is 3.19. The lowest BCUT2D eigenvalue weighted by molar-refractivity contribution is -0.137. The van der Waals surface area contributed by atoms with Gasteiger partial charge in [-0.25, -0.2) is 0 Å². The normalized spacial score (nSPS) is 26.6. The number of nitrogens with one attached hydrogen (secondary N) is 2. The Labute approximate surface area is 221 Å². The van der Waals surface area contributed by atoms with Crippen molar-refractivity contribution < 1.29 is 33.0 Å². The Hall–Kier alpha value is -2.47. The van der Waals surface area contributed by atoms with Crippen LogP contribution in [0.25, 0.3) is 0 Å². The molecule has 0 radical (unpaired) electrons. The van der Waals surface area contributed by atoms with Gasteiger partial charge in [0.25, 0.3) is 5.91 Å². The third kappa shape index (κ3) is 6.70. The lowest BCUT2D eigenvalue weighted by atomic mass is 9.77. The zero-order valence-corrected chi connectivity index (χ0v) is 21.6. The Kier molecular flexibility index (Phi) is 8.27. The van der Waals surface area contributed by atoms with E-state index in [1.54, 1.807) is 0 Å². The Balaban J connectivity index is 1.25. The summed E-state index contributed by atoms with van der Waals surface area (Å²) in [5.74, 6) is -1.34. The number of hydrogen-bond acceptors (Lipinski definition) is 5. The molecule has 0 unspecified atom stereocenters. The number of β-amino-alcohol motifs (C(OH)–C–C–N with tert-alkyl or cyclic N) is 1. The summed E-state index contributed by atoms with van der Waals surface area (Å²) in [6.07, 6.45) is -2.73. The number of aliphatic hydroxyl groups excluding tert-OH is 1. The monoisotopic (exact) mass is 583 g/mol. The van der Waals surface area contributed by atoms with E-state index >= 15 is 0 Å². The summed E-state index contributed by atoms with van der Waals surface area (Å²) in [5, 5.41) is 26.7. The number of hydrogen-bond donors (Lipinski definition) is 4.